The number of hydrogen-bond donors (Lipinski definition) is 13. The summed E-state index contributed by atoms with van der Waals surface area (Å²) in [4.78, 5) is 107. The Bertz CT molecular complexity index is 1400. The van der Waals surface area contributed by atoms with Crippen LogP contribution in [0.4, 0.5) is 0 Å². The van der Waals surface area contributed by atoms with E-state index in [2.05, 4.69) is 41.9 Å². The number of rotatable bonds is 27. The van der Waals surface area contributed by atoms with Crippen LogP contribution < -0.4 is 49.1 Å². The van der Waals surface area contributed by atoms with Gasteiger partial charge in [-0.25, -0.2) is 9.78 Å². The molecule has 7 atom stereocenters. The number of carboxylic acids is 2. The smallest absolute Gasteiger partial charge is 0.326 e. The molecule has 1 rings (SSSR count). The van der Waals surface area contributed by atoms with Crippen molar-refractivity contribution in [2.75, 3.05) is 19.7 Å². The van der Waals surface area contributed by atoms with Crippen LogP contribution in [0.3, 0.4) is 0 Å². The maximum Gasteiger partial charge on any atom is 0.326 e. The summed E-state index contributed by atoms with van der Waals surface area (Å²) in [5.74, 6) is -7.74. The Morgan fingerprint density at radius 2 is 1.17 bits per heavy atom. The number of amides is 6. The largest absolute Gasteiger partial charge is 0.481 e. The van der Waals surface area contributed by atoms with E-state index in [1.165, 1.54) is 26.4 Å². The van der Waals surface area contributed by atoms with Gasteiger partial charge in [-0.3, -0.25) is 33.6 Å². The highest BCUT2D eigenvalue weighted by Crippen LogP contribution is 2.06. The lowest BCUT2D eigenvalue weighted by Gasteiger charge is -2.25. The van der Waals surface area contributed by atoms with Crippen LogP contribution in [0.25, 0.3) is 0 Å². The van der Waals surface area contributed by atoms with Gasteiger partial charge in [0.15, 0.2) is 0 Å². The van der Waals surface area contributed by atoms with Gasteiger partial charge in [0.1, 0.15) is 36.3 Å². The molecule has 0 aliphatic heterocycles. The van der Waals surface area contributed by atoms with Crippen molar-refractivity contribution in [3.8, 4) is 0 Å². The number of imidazole rings is 1. The summed E-state index contributed by atoms with van der Waals surface area (Å²) in [6, 6.07) is -9.11. The number of aromatic amines is 1. The maximum atomic E-state index is 13.3. The molecule has 54 heavy (non-hydrogen) atoms. The molecule has 16 N–H and O–H groups in total. The number of aliphatic carboxylic acids is 2. The molecule has 22 nitrogen and oxygen atoms in total. The van der Waals surface area contributed by atoms with E-state index in [0.29, 0.717) is 44.3 Å². The summed E-state index contributed by atoms with van der Waals surface area (Å²) >= 11 is 0. The highest BCUT2D eigenvalue weighted by atomic mass is 16.4. The number of hydrogen-bond acceptors (Lipinski definition) is 13. The van der Waals surface area contributed by atoms with E-state index < -0.39 is 109 Å². The van der Waals surface area contributed by atoms with Gasteiger partial charge in [-0.2, -0.15) is 0 Å². The van der Waals surface area contributed by atoms with Gasteiger partial charge in [-0.05, 0) is 65.5 Å². The second-order valence-corrected chi connectivity index (χ2v) is 12.6. The third-order valence-corrected chi connectivity index (χ3v) is 8.08. The first-order chi connectivity index (χ1) is 25.5. The van der Waals surface area contributed by atoms with Crippen molar-refractivity contribution in [3.63, 3.8) is 0 Å². The van der Waals surface area contributed by atoms with Crippen molar-refractivity contribution < 1.29 is 53.7 Å². The number of aliphatic hydroxyl groups excluding tert-OH is 1. The quantitative estimate of drug-likeness (QED) is 0.0375. The first-order valence-corrected chi connectivity index (χ1v) is 17.5. The standard InChI is InChI=1S/C32H55N11O11/c1-17(26(47)40-21(8-4-6-12-34)29(50)38-18(2)27(48)41-22(32(53)54)9-10-25(45)46)39-31(52)24(15-44)43-30(51)23(13-19-14-36-16-37-19)42-28(49)20(35)7-3-5-11-33/h14,16-18,20-24,44H,3-13,15,33-35H2,1-2H3,(H,36,37)(H,38,50)(H,39,52)(H,40,47)(H,41,48)(H,42,49)(H,43,51)(H,45,46)(H,53,54)/t17-,18-,20-,21-,22-,23-,24-/m0/s1. The van der Waals surface area contributed by atoms with Crippen LogP contribution in [-0.2, 0) is 44.8 Å². The van der Waals surface area contributed by atoms with Gasteiger partial charge >= 0.3 is 11.9 Å². The molecule has 0 saturated heterocycles. The van der Waals surface area contributed by atoms with Crippen LogP contribution in [0.2, 0.25) is 0 Å². The fourth-order valence-electron chi connectivity index (χ4n) is 4.85. The number of nitrogens with two attached hydrogens (primary N) is 3. The molecule has 1 aromatic heterocycles. The van der Waals surface area contributed by atoms with Crippen LogP contribution in [-0.4, -0.2) is 135 Å². The van der Waals surface area contributed by atoms with E-state index in [9.17, 15) is 48.6 Å². The van der Waals surface area contributed by atoms with Gasteiger partial charge in [0, 0.05) is 24.7 Å². The van der Waals surface area contributed by atoms with Crippen molar-refractivity contribution in [2.24, 2.45) is 17.2 Å². The highest BCUT2D eigenvalue weighted by Gasteiger charge is 2.32. The molecule has 1 aromatic rings. The molecule has 0 spiro atoms. The van der Waals surface area contributed by atoms with Crippen molar-refractivity contribution >= 4 is 47.4 Å². The third kappa shape index (κ3) is 17.6. The Hall–Kier alpha value is -5.19. The Kier molecular flexibility index (Phi) is 21.6. The minimum atomic E-state index is -1.57. The molecule has 0 radical (unpaired) electrons. The normalized spacial score (nSPS) is 14.9. The zero-order valence-corrected chi connectivity index (χ0v) is 30.5. The Balaban J connectivity index is 2.95. The number of aromatic nitrogens is 2. The average Bonchev–Trinajstić information content (AvgIpc) is 3.64. The lowest BCUT2D eigenvalue weighted by molar-refractivity contribution is -0.143. The summed E-state index contributed by atoms with van der Waals surface area (Å²) in [6.45, 7) is 2.36. The Labute approximate surface area is 311 Å². The number of H-pyrrole nitrogens is 1. The molecular formula is C32H55N11O11. The van der Waals surface area contributed by atoms with Crippen molar-refractivity contribution in [3.05, 3.63) is 18.2 Å². The lowest BCUT2D eigenvalue weighted by atomic mass is 10.1. The van der Waals surface area contributed by atoms with Crippen LogP contribution in [0.15, 0.2) is 12.5 Å². The van der Waals surface area contributed by atoms with E-state index in [-0.39, 0.29) is 19.4 Å². The number of nitrogens with one attached hydrogen (secondary N) is 7. The van der Waals surface area contributed by atoms with E-state index in [1.54, 1.807) is 0 Å². The molecule has 0 aromatic carbocycles. The molecule has 304 valence electrons. The van der Waals surface area contributed by atoms with Crippen LogP contribution in [0.1, 0.15) is 70.9 Å². The third-order valence-electron chi connectivity index (χ3n) is 8.08. The molecule has 0 saturated carbocycles. The van der Waals surface area contributed by atoms with Gasteiger partial charge in [-0.1, -0.05) is 6.42 Å². The maximum absolute atomic E-state index is 13.3. The second-order valence-electron chi connectivity index (χ2n) is 12.6. The van der Waals surface area contributed by atoms with Crippen molar-refractivity contribution in [1.82, 2.24) is 41.9 Å². The Morgan fingerprint density at radius 3 is 1.67 bits per heavy atom. The number of aliphatic hydroxyl groups is 1. The zero-order valence-electron chi connectivity index (χ0n) is 30.5. The van der Waals surface area contributed by atoms with Crippen molar-refractivity contribution in [1.29, 1.82) is 0 Å². The molecule has 0 aliphatic carbocycles. The minimum Gasteiger partial charge on any atom is -0.481 e. The molecule has 6 amide bonds. The first-order valence-electron chi connectivity index (χ1n) is 17.5. The number of nitrogens with zero attached hydrogens (tertiary/aromatic N) is 1. The highest BCUT2D eigenvalue weighted by molar-refractivity contribution is 5.97. The molecule has 22 heteroatoms. The predicted molar refractivity (Wildman–Crippen MR) is 191 cm³/mol. The zero-order chi connectivity index (χ0) is 40.8. The topological polar surface area (TPSA) is 376 Å². The van der Waals surface area contributed by atoms with Gasteiger partial charge < -0.3 is 69.4 Å². The molecule has 0 unspecified atom stereocenters. The monoisotopic (exact) mass is 769 g/mol. The van der Waals surface area contributed by atoms with E-state index in [0.717, 1.165) is 0 Å². The molecule has 0 bridgehead atoms. The lowest BCUT2D eigenvalue weighted by Crippen LogP contribution is -2.60. The predicted octanol–water partition coefficient (Wildman–Crippen LogP) is -4.57. The summed E-state index contributed by atoms with van der Waals surface area (Å²) in [7, 11) is 0. The van der Waals surface area contributed by atoms with Crippen LogP contribution >= 0.6 is 0 Å². The summed E-state index contributed by atoms with van der Waals surface area (Å²) in [5.41, 5.74) is 17.5. The fraction of sp³-hybridized carbons (Fsp3) is 0.656. The number of carbonyl (C=O) groups is 8. The fourth-order valence-corrected chi connectivity index (χ4v) is 4.85. The average molecular weight is 770 g/mol. The molecular weight excluding hydrogens is 714 g/mol. The van der Waals surface area contributed by atoms with E-state index in [1.807, 2.05) is 0 Å². The summed E-state index contributed by atoms with van der Waals surface area (Å²) in [6.07, 6.45) is 4.29. The van der Waals surface area contributed by atoms with Gasteiger partial charge in [0.25, 0.3) is 0 Å². The summed E-state index contributed by atoms with van der Waals surface area (Å²) in [5, 5.41) is 42.4. The van der Waals surface area contributed by atoms with Crippen molar-refractivity contribution in [2.45, 2.75) is 114 Å². The Morgan fingerprint density at radius 1 is 0.667 bits per heavy atom. The number of carbonyl (C=O) groups excluding carboxylic acids is 6. The molecule has 1 heterocycles. The summed E-state index contributed by atoms with van der Waals surface area (Å²) < 4.78 is 0. The van der Waals surface area contributed by atoms with E-state index in [4.69, 9.17) is 22.3 Å². The van der Waals surface area contributed by atoms with E-state index >= 15 is 0 Å². The van der Waals surface area contributed by atoms with Gasteiger partial charge in [0.2, 0.25) is 35.4 Å². The molecule has 0 fully saturated rings. The second kappa shape index (κ2) is 24.9. The van der Waals surface area contributed by atoms with Crippen LogP contribution in [0.5, 0.6) is 0 Å². The molecule has 0 aliphatic rings. The van der Waals surface area contributed by atoms with Crippen LogP contribution in [0, 0.1) is 0 Å². The first kappa shape index (κ1) is 46.8. The number of unbranched alkanes of at least 4 members (excludes halogenated alkanes) is 2. The van der Waals surface area contributed by atoms with Gasteiger partial charge in [-0.15, -0.1) is 0 Å². The number of carboxylic acid groups (broad SMARTS) is 2. The SMILES string of the molecule is C[C@H](NC(=O)[C@H](CCCCN)NC(=O)[C@H](C)NC(=O)[C@H](CO)NC(=O)[C@H](Cc1cnc[nH]1)NC(=O)[C@@H](N)CCCCN)C(=O)N[C@@H](CCC(=O)O)C(=O)O. The minimum absolute atomic E-state index is 0.0651. The van der Waals surface area contributed by atoms with Gasteiger partial charge in [0.05, 0.1) is 19.0 Å².